The minimum atomic E-state index is -3.82. The third kappa shape index (κ3) is 10.7. The fourth-order valence-corrected chi connectivity index (χ4v) is 10.4. The Kier molecular flexibility index (Phi) is 13.7. The van der Waals surface area contributed by atoms with Gasteiger partial charge in [0.05, 0.1) is 29.0 Å². The Hall–Kier alpha value is -4.70. The Morgan fingerprint density at radius 1 is 1.00 bits per heavy atom. The molecule has 336 valence electrons. The lowest BCUT2D eigenvalue weighted by atomic mass is 10.0. The number of aromatic nitrogens is 1. The number of amides is 4. The molecular formula is C46H62N6O9S. The molecule has 8 rings (SSSR count). The first-order valence-corrected chi connectivity index (χ1v) is 24.3. The second kappa shape index (κ2) is 19.4. The molecule has 6 atom stereocenters. The van der Waals surface area contributed by atoms with Crippen molar-refractivity contribution in [3.05, 3.63) is 48.1 Å². The molecule has 1 aromatic heterocycles. The molecule has 2 saturated carbocycles. The molecule has 2 saturated heterocycles. The Balaban J connectivity index is 1.07. The van der Waals surface area contributed by atoms with Crippen molar-refractivity contribution >= 4 is 50.8 Å². The van der Waals surface area contributed by atoms with E-state index in [1.807, 2.05) is 42.5 Å². The summed E-state index contributed by atoms with van der Waals surface area (Å²) in [6.07, 6.45) is 16.3. The number of alkyl carbamates (subject to hydrolysis) is 1. The molecule has 5 heterocycles. The topological polar surface area (TPSA) is 186 Å². The van der Waals surface area contributed by atoms with Crippen LogP contribution in [0.3, 0.4) is 0 Å². The number of rotatable bonds is 9. The summed E-state index contributed by atoms with van der Waals surface area (Å²) in [5.41, 5.74) is 1.41. The van der Waals surface area contributed by atoms with Crippen LogP contribution in [-0.4, -0.2) is 115 Å². The Labute approximate surface area is 364 Å². The summed E-state index contributed by atoms with van der Waals surface area (Å²) in [6.45, 7) is 5.43. The van der Waals surface area contributed by atoms with Gasteiger partial charge in [-0.05, 0) is 121 Å². The second-order valence-electron chi connectivity index (χ2n) is 18.3. The first-order chi connectivity index (χ1) is 30.0. The van der Waals surface area contributed by atoms with Gasteiger partial charge < -0.3 is 34.6 Å². The third-order valence-electron chi connectivity index (χ3n) is 13.3. The van der Waals surface area contributed by atoms with E-state index in [0.717, 1.165) is 57.1 Å². The first kappa shape index (κ1) is 43.9. The maximum Gasteiger partial charge on any atom is 0.408 e. The second-order valence-corrected chi connectivity index (χ2v) is 20.5. The number of ether oxygens (including phenoxy) is 3. The van der Waals surface area contributed by atoms with Crippen LogP contribution < -0.4 is 24.8 Å². The van der Waals surface area contributed by atoms with Crippen molar-refractivity contribution in [1.29, 1.82) is 0 Å². The summed E-state index contributed by atoms with van der Waals surface area (Å²) < 4.78 is 46.2. The van der Waals surface area contributed by atoms with Crippen LogP contribution in [0.1, 0.15) is 109 Å². The summed E-state index contributed by atoms with van der Waals surface area (Å²) in [7, 11) is -3.82. The van der Waals surface area contributed by atoms with E-state index < -0.39 is 62.7 Å². The monoisotopic (exact) mass is 874 g/mol. The number of benzene rings is 1. The lowest BCUT2D eigenvalue weighted by Gasteiger charge is -2.29. The van der Waals surface area contributed by atoms with E-state index in [2.05, 4.69) is 26.3 Å². The van der Waals surface area contributed by atoms with Gasteiger partial charge in [0.1, 0.15) is 30.0 Å². The van der Waals surface area contributed by atoms with Crippen molar-refractivity contribution in [2.45, 2.75) is 132 Å². The molecule has 16 heteroatoms. The number of hydrogen-bond acceptors (Lipinski definition) is 11. The molecule has 1 aromatic carbocycles. The van der Waals surface area contributed by atoms with Crippen LogP contribution in [0.15, 0.2) is 42.5 Å². The predicted octanol–water partition coefficient (Wildman–Crippen LogP) is 5.38. The molecule has 0 spiro atoms. The predicted molar refractivity (Wildman–Crippen MR) is 234 cm³/mol. The smallest absolute Gasteiger partial charge is 0.408 e. The molecule has 62 heavy (non-hydrogen) atoms. The molecular weight excluding hydrogens is 813 g/mol. The van der Waals surface area contributed by atoms with Gasteiger partial charge in [0.15, 0.2) is 0 Å². The number of nitrogens with one attached hydrogen (secondary N) is 3. The zero-order valence-electron chi connectivity index (χ0n) is 35.9. The van der Waals surface area contributed by atoms with Crippen LogP contribution in [0.5, 0.6) is 11.6 Å². The zero-order chi connectivity index (χ0) is 43.3. The van der Waals surface area contributed by atoms with Crippen LogP contribution >= 0.6 is 0 Å². The number of hydrogen-bond donors (Lipinski definition) is 3. The Morgan fingerprint density at radius 3 is 2.63 bits per heavy atom. The molecule has 0 radical (unpaired) electrons. The highest BCUT2D eigenvalue weighted by Crippen LogP contribution is 2.42. The lowest BCUT2D eigenvalue weighted by molar-refractivity contribution is -0.140. The number of sulfonamides is 1. The Bertz CT molecular complexity index is 2150. The fourth-order valence-electron chi connectivity index (χ4n) is 9.16. The number of carbonyl (C=O) groups excluding carboxylic acids is 4. The molecule has 4 aliphatic heterocycles. The van der Waals surface area contributed by atoms with Gasteiger partial charge in [-0.3, -0.25) is 19.1 Å². The average molecular weight is 875 g/mol. The van der Waals surface area contributed by atoms with Gasteiger partial charge in [0, 0.05) is 37.2 Å². The summed E-state index contributed by atoms with van der Waals surface area (Å²) in [6, 6.07) is 5.92. The van der Waals surface area contributed by atoms with Crippen molar-refractivity contribution in [3.8, 4) is 11.6 Å². The number of para-hydroxylation sites is 1. The number of allylic oxidation sites excluding steroid dienone is 2. The number of pyridine rings is 1. The van der Waals surface area contributed by atoms with Crippen LogP contribution in [0.2, 0.25) is 0 Å². The zero-order valence-corrected chi connectivity index (χ0v) is 36.7. The van der Waals surface area contributed by atoms with Gasteiger partial charge in [-0.25, -0.2) is 18.2 Å². The molecule has 3 N–H and O–H groups in total. The number of carbonyl (C=O) groups is 4. The summed E-state index contributed by atoms with van der Waals surface area (Å²) in [5.74, 6) is -0.688. The maximum absolute atomic E-state index is 14.6. The SMILES string of the molecule is CC1(S(=O)(=O)NC(=O)C[C@@H]2/C=C\CCCC[C@@H]3NC(=O)O[C@@H]4CC4CCC/C=C/c4c(nc5ccccc5c4OCCCN4CCCC4)O[C@@H]4C[C@@H](C(=O)NC2)N(C4)C3=O)CC1. The van der Waals surface area contributed by atoms with E-state index in [-0.39, 0.29) is 38.0 Å². The van der Waals surface area contributed by atoms with Crippen LogP contribution in [-0.2, 0) is 29.1 Å². The van der Waals surface area contributed by atoms with E-state index in [0.29, 0.717) is 67.8 Å². The molecule has 1 unspecified atom stereocenters. The largest absolute Gasteiger partial charge is 0.492 e. The molecule has 4 fully saturated rings. The first-order valence-electron chi connectivity index (χ1n) is 22.8. The van der Waals surface area contributed by atoms with Gasteiger partial charge >= 0.3 is 6.09 Å². The van der Waals surface area contributed by atoms with Gasteiger partial charge in [-0.15, -0.1) is 0 Å². The van der Waals surface area contributed by atoms with Crippen molar-refractivity contribution in [3.63, 3.8) is 0 Å². The Morgan fingerprint density at radius 2 is 1.81 bits per heavy atom. The lowest BCUT2D eigenvalue weighted by Crippen LogP contribution is -2.54. The van der Waals surface area contributed by atoms with E-state index in [1.165, 1.54) is 17.7 Å². The van der Waals surface area contributed by atoms with E-state index in [4.69, 9.17) is 19.2 Å². The maximum atomic E-state index is 14.6. The molecule has 15 nitrogen and oxygen atoms in total. The normalized spacial score (nSPS) is 29.3. The van der Waals surface area contributed by atoms with Crippen molar-refractivity contribution in [2.75, 3.05) is 39.3 Å². The third-order valence-corrected chi connectivity index (χ3v) is 15.5. The molecule has 2 aliphatic carbocycles. The van der Waals surface area contributed by atoms with Gasteiger partial charge in [-0.1, -0.05) is 36.8 Å². The summed E-state index contributed by atoms with van der Waals surface area (Å²) in [5, 5.41) is 6.70. The van der Waals surface area contributed by atoms with Gasteiger partial charge in [0.2, 0.25) is 33.6 Å². The van der Waals surface area contributed by atoms with E-state index in [9.17, 15) is 27.6 Å². The van der Waals surface area contributed by atoms with Crippen LogP contribution in [0.4, 0.5) is 4.79 Å². The van der Waals surface area contributed by atoms with Gasteiger partial charge in [0.25, 0.3) is 0 Å². The molecule has 4 amide bonds. The minimum Gasteiger partial charge on any atom is -0.492 e. The highest BCUT2D eigenvalue weighted by atomic mass is 32.2. The number of likely N-dealkylation sites (tertiary alicyclic amines) is 1. The summed E-state index contributed by atoms with van der Waals surface area (Å²) >= 11 is 0. The van der Waals surface area contributed by atoms with Crippen LogP contribution in [0.25, 0.3) is 17.0 Å². The fraction of sp³-hybridized carbons (Fsp3) is 0.630. The van der Waals surface area contributed by atoms with Crippen molar-refractivity contribution in [2.24, 2.45) is 11.8 Å². The van der Waals surface area contributed by atoms with E-state index in [1.54, 1.807) is 6.92 Å². The number of fused-ring (bicyclic) bond motifs is 5. The standard InChI is InChI=1S/C46H62N6O9S/c1-46(20-21-46)62(57,58)50-40(53)26-31-14-5-2-3-8-19-37-44(55)52-30-33(28-38(52)42(54)47-29-31)60-43-35(17-7-4-6-15-32-27-39(32)61-45(56)49-37)41(34-16-9-10-18-36(34)48-43)59-25-13-24-51-22-11-12-23-51/h5,7,9-10,14,16-18,31-33,37-39H,2-4,6,8,11-13,15,19-30H2,1H3,(H,47,54)(H,49,56)(H,50,53)/b14-5-,17-7+/t31-,32?,33+,37-,38-,39+/m0/s1. The number of nitrogens with zero attached hydrogens (tertiary/aromatic N) is 3. The van der Waals surface area contributed by atoms with Crippen LogP contribution in [0, 0.1) is 11.8 Å². The minimum absolute atomic E-state index is 0.0420. The summed E-state index contributed by atoms with van der Waals surface area (Å²) in [4.78, 5) is 64.2. The average Bonchev–Trinajstić information content (AvgIpc) is 4.04. The van der Waals surface area contributed by atoms with E-state index >= 15 is 0 Å². The highest BCUT2D eigenvalue weighted by molar-refractivity contribution is 7.91. The van der Waals surface area contributed by atoms with Crippen molar-refractivity contribution in [1.82, 2.24) is 30.1 Å². The molecule has 2 aromatic rings. The van der Waals surface area contributed by atoms with Crippen molar-refractivity contribution < 1.29 is 41.8 Å². The van der Waals surface area contributed by atoms with Gasteiger partial charge in [-0.2, -0.15) is 0 Å². The molecule has 3 bridgehead atoms. The highest BCUT2D eigenvalue weighted by Gasteiger charge is 2.51. The molecule has 6 aliphatic rings. The quantitative estimate of drug-likeness (QED) is 0.217.